The van der Waals surface area contributed by atoms with Gasteiger partial charge in [0, 0.05) is 12.8 Å². The summed E-state index contributed by atoms with van der Waals surface area (Å²) in [7, 11) is -3.07. The standard InChI is InChI=1S/C14H20N2O3S/c1-3-12-15-13(11-7-5-4-6-8-11)14(17)16(12)9-10-20(2,18)19/h4-8,12-13,15H,3,9-10H2,1-2H3. The van der Waals surface area contributed by atoms with E-state index in [2.05, 4.69) is 5.32 Å². The number of hydrogen-bond donors (Lipinski definition) is 1. The van der Waals surface area contributed by atoms with Crippen LogP contribution in [0, 0.1) is 0 Å². The Kier molecular flexibility index (Phi) is 4.45. The van der Waals surface area contributed by atoms with Gasteiger partial charge in [0.15, 0.2) is 0 Å². The lowest BCUT2D eigenvalue weighted by Crippen LogP contribution is -2.39. The molecule has 0 aromatic heterocycles. The fraction of sp³-hybridized carbons (Fsp3) is 0.500. The van der Waals surface area contributed by atoms with Gasteiger partial charge in [0.2, 0.25) is 5.91 Å². The van der Waals surface area contributed by atoms with Crippen molar-refractivity contribution in [1.29, 1.82) is 0 Å². The van der Waals surface area contributed by atoms with Crippen molar-refractivity contribution in [1.82, 2.24) is 10.2 Å². The molecule has 0 saturated carbocycles. The van der Waals surface area contributed by atoms with Crippen LogP contribution in [0.2, 0.25) is 0 Å². The van der Waals surface area contributed by atoms with E-state index in [9.17, 15) is 13.2 Å². The van der Waals surface area contributed by atoms with Gasteiger partial charge >= 0.3 is 0 Å². The molecule has 0 radical (unpaired) electrons. The molecule has 5 nitrogen and oxygen atoms in total. The van der Waals surface area contributed by atoms with E-state index in [4.69, 9.17) is 0 Å². The van der Waals surface area contributed by atoms with Gasteiger partial charge in [0.1, 0.15) is 15.9 Å². The van der Waals surface area contributed by atoms with Gasteiger partial charge in [-0.15, -0.1) is 0 Å². The molecule has 0 spiro atoms. The minimum atomic E-state index is -3.07. The van der Waals surface area contributed by atoms with Gasteiger partial charge in [-0.25, -0.2) is 8.42 Å². The third-order valence-electron chi connectivity index (χ3n) is 3.49. The lowest BCUT2D eigenvalue weighted by molar-refractivity contribution is -0.129. The SMILES string of the molecule is CCC1NC(c2ccccc2)C(=O)N1CCS(C)(=O)=O. The Morgan fingerprint density at radius 3 is 2.45 bits per heavy atom. The van der Waals surface area contributed by atoms with E-state index in [0.29, 0.717) is 0 Å². The second-order valence-corrected chi connectivity index (χ2v) is 7.36. The van der Waals surface area contributed by atoms with Crippen molar-refractivity contribution in [2.75, 3.05) is 18.6 Å². The third kappa shape index (κ3) is 3.37. The van der Waals surface area contributed by atoms with Crippen molar-refractivity contribution in [2.24, 2.45) is 0 Å². The number of rotatable bonds is 5. The topological polar surface area (TPSA) is 66.5 Å². The molecule has 1 aromatic carbocycles. The van der Waals surface area contributed by atoms with Crippen molar-refractivity contribution in [2.45, 2.75) is 25.6 Å². The van der Waals surface area contributed by atoms with Crippen LogP contribution in [0.4, 0.5) is 0 Å². The minimum absolute atomic E-state index is 0.00156. The van der Waals surface area contributed by atoms with Gasteiger partial charge in [-0.2, -0.15) is 0 Å². The van der Waals surface area contributed by atoms with Gasteiger partial charge < -0.3 is 4.90 Å². The molecule has 1 aromatic rings. The summed E-state index contributed by atoms with van der Waals surface area (Å²) in [6.45, 7) is 2.22. The molecule has 110 valence electrons. The zero-order chi connectivity index (χ0) is 14.8. The number of hydrogen-bond acceptors (Lipinski definition) is 4. The number of carbonyl (C=O) groups excluding carboxylic acids is 1. The monoisotopic (exact) mass is 296 g/mol. The molecule has 1 fully saturated rings. The van der Waals surface area contributed by atoms with Crippen molar-refractivity contribution in [3.05, 3.63) is 35.9 Å². The van der Waals surface area contributed by atoms with E-state index >= 15 is 0 Å². The molecule has 1 aliphatic rings. The summed E-state index contributed by atoms with van der Waals surface area (Å²) in [5.74, 6) is -0.0509. The van der Waals surface area contributed by atoms with Crippen LogP contribution >= 0.6 is 0 Å². The Morgan fingerprint density at radius 2 is 1.90 bits per heavy atom. The number of carbonyl (C=O) groups is 1. The van der Waals surface area contributed by atoms with E-state index in [1.165, 1.54) is 6.26 Å². The van der Waals surface area contributed by atoms with Gasteiger partial charge in [0.05, 0.1) is 11.9 Å². The summed E-state index contributed by atoms with van der Waals surface area (Å²) >= 11 is 0. The number of benzene rings is 1. The van der Waals surface area contributed by atoms with E-state index in [-0.39, 0.29) is 30.4 Å². The Morgan fingerprint density at radius 1 is 1.25 bits per heavy atom. The summed E-state index contributed by atoms with van der Waals surface area (Å²) in [5.41, 5.74) is 0.915. The first-order valence-corrected chi connectivity index (χ1v) is 8.77. The van der Waals surface area contributed by atoms with E-state index < -0.39 is 9.84 Å². The number of nitrogens with zero attached hydrogens (tertiary/aromatic N) is 1. The van der Waals surface area contributed by atoms with Crippen LogP contribution in [-0.2, 0) is 14.6 Å². The van der Waals surface area contributed by atoms with Gasteiger partial charge in [-0.1, -0.05) is 37.3 Å². The lowest BCUT2D eigenvalue weighted by atomic mass is 10.1. The first-order valence-electron chi connectivity index (χ1n) is 6.71. The summed E-state index contributed by atoms with van der Waals surface area (Å²) < 4.78 is 22.6. The highest BCUT2D eigenvalue weighted by Gasteiger charge is 2.38. The first kappa shape index (κ1) is 15.0. The summed E-state index contributed by atoms with van der Waals surface area (Å²) in [5, 5.41) is 3.27. The van der Waals surface area contributed by atoms with Gasteiger partial charge in [-0.05, 0) is 12.0 Å². The molecular formula is C14H20N2O3S. The van der Waals surface area contributed by atoms with Crippen molar-refractivity contribution in [3.63, 3.8) is 0 Å². The molecule has 2 unspecified atom stereocenters. The van der Waals surface area contributed by atoms with Crippen LogP contribution < -0.4 is 5.32 Å². The molecule has 20 heavy (non-hydrogen) atoms. The largest absolute Gasteiger partial charge is 0.324 e. The predicted octanol–water partition coefficient (Wildman–Crippen LogP) is 0.940. The molecule has 0 bridgehead atoms. The van der Waals surface area contributed by atoms with Crippen LogP contribution in [0.15, 0.2) is 30.3 Å². The molecule has 1 amide bonds. The molecule has 6 heteroatoms. The van der Waals surface area contributed by atoms with Crippen molar-refractivity contribution in [3.8, 4) is 0 Å². The second-order valence-electron chi connectivity index (χ2n) is 5.10. The summed E-state index contributed by atoms with van der Waals surface area (Å²) in [6, 6.07) is 9.13. The maximum Gasteiger partial charge on any atom is 0.245 e. The van der Waals surface area contributed by atoms with Crippen LogP contribution in [0.1, 0.15) is 24.9 Å². The van der Waals surface area contributed by atoms with Crippen molar-refractivity contribution < 1.29 is 13.2 Å². The van der Waals surface area contributed by atoms with Crippen LogP contribution in [0.25, 0.3) is 0 Å². The summed E-state index contributed by atoms with van der Waals surface area (Å²) in [4.78, 5) is 14.1. The van der Waals surface area contributed by atoms with Crippen LogP contribution in [-0.4, -0.2) is 43.9 Å². The zero-order valence-electron chi connectivity index (χ0n) is 11.7. The number of nitrogens with one attached hydrogen (secondary N) is 1. The van der Waals surface area contributed by atoms with Gasteiger partial charge in [0.25, 0.3) is 0 Å². The van der Waals surface area contributed by atoms with Gasteiger partial charge in [-0.3, -0.25) is 10.1 Å². The van der Waals surface area contributed by atoms with E-state index in [0.717, 1.165) is 12.0 Å². The van der Waals surface area contributed by atoms with Crippen molar-refractivity contribution >= 4 is 15.7 Å². The number of amides is 1. The first-order chi connectivity index (χ1) is 9.42. The van der Waals surface area contributed by atoms with Crippen LogP contribution in [0.3, 0.4) is 0 Å². The molecule has 0 aliphatic carbocycles. The average Bonchev–Trinajstić information content (AvgIpc) is 2.73. The maximum atomic E-state index is 12.5. The van der Waals surface area contributed by atoms with Crippen LogP contribution in [0.5, 0.6) is 0 Å². The Bertz CT molecular complexity index is 571. The highest BCUT2D eigenvalue weighted by atomic mass is 32.2. The normalized spacial score (nSPS) is 23.3. The van der Waals surface area contributed by atoms with E-state index in [1.54, 1.807) is 4.90 Å². The average molecular weight is 296 g/mol. The summed E-state index contributed by atoms with van der Waals surface area (Å²) in [6.07, 6.45) is 1.84. The third-order valence-corrected chi connectivity index (χ3v) is 4.41. The molecule has 2 atom stereocenters. The zero-order valence-corrected chi connectivity index (χ0v) is 12.6. The molecule has 1 aliphatic heterocycles. The molecule has 2 rings (SSSR count). The number of sulfone groups is 1. The van der Waals surface area contributed by atoms with E-state index in [1.807, 2.05) is 37.3 Å². The molecule has 1 N–H and O–H groups in total. The highest BCUT2D eigenvalue weighted by molar-refractivity contribution is 7.90. The molecular weight excluding hydrogens is 276 g/mol. The Hall–Kier alpha value is -1.40. The molecule has 1 heterocycles. The Labute approximate surface area is 119 Å². The fourth-order valence-electron chi connectivity index (χ4n) is 2.43. The smallest absolute Gasteiger partial charge is 0.245 e. The highest BCUT2D eigenvalue weighted by Crippen LogP contribution is 2.25. The Balaban J connectivity index is 2.15. The molecule has 1 saturated heterocycles. The lowest BCUT2D eigenvalue weighted by Gasteiger charge is -2.22. The fourth-order valence-corrected chi connectivity index (χ4v) is 2.95. The minimum Gasteiger partial charge on any atom is -0.324 e. The second kappa shape index (κ2) is 5.93. The maximum absolute atomic E-state index is 12.5. The quantitative estimate of drug-likeness (QED) is 0.878. The predicted molar refractivity (Wildman–Crippen MR) is 77.8 cm³/mol.